The van der Waals surface area contributed by atoms with Gasteiger partial charge in [0, 0.05) is 11.3 Å². The van der Waals surface area contributed by atoms with E-state index >= 15 is 0 Å². The van der Waals surface area contributed by atoms with Crippen molar-refractivity contribution in [1.29, 1.82) is 0 Å². The Kier molecular flexibility index (Phi) is 8.78. The fraction of sp³-hybridized carbons (Fsp3) is 0.667. The monoisotopic (exact) mass is 620 g/mol. The Balaban J connectivity index is 1.35. The molecule has 43 heavy (non-hydrogen) atoms. The molecular weight excluding hydrogens is 571 g/mol. The second-order valence-corrected chi connectivity index (χ2v) is 19.2. The number of halogens is 5. The summed E-state index contributed by atoms with van der Waals surface area (Å²) in [4.78, 5) is 0. The predicted molar refractivity (Wildman–Crippen MR) is 166 cm³/mol. The standard InChI is InChI=1S/C36H49F5OSi/c1-20(2)21(3)9-10-22(4)26-13-14-27-25-12-11-23-19-24(15-17-35(23,5)28(25)16-18-36(26,27)6)42-43(7,8)34-32(40)30(38)29(37)31(39)33(34)41/h9-12,20-22,24,26-28H,13-19H2,1-8H3/b10-9+. The highest BCUT2D eigenvalue weighted by molar-refractivity contribution is 6.84. The molecule has 4 aliphatic carbocycles. The van der Waals surface area contributed by atoms with Crippen molar-refractivity contribution in [1.82, 2.24) is 0 Å². The van der Waals surface area contributed by atoms with Crippen molar-refractivity contribution < 1.29 is 26.4 Å². The third-order valence-electron chi connectivity index (χ3n) is 12.3. The van der Waals surface area contributed by atoms with E-state index in [1.807, 2.05) is 0 Å². The van der Waals surface area contributed by atoms with Crippen LogP contribution in [0.25, 0.3) is 0 Å². The number of rotatable bonds is 7. The molecule has 0 aromatic heterocycles. The summed E-state index contributed by atoms with van der Waals surface area (Å²) in [7, 11) is -3.47. The highest BCUT2D eigenvalue weighted by Crippen LogP contribution is 2.66. The largest absolute Gasteiger partial charge is 0.409 e. The minimum atomic E-state index is -3.47. The second-order valence-electron chi connectivity index (χ2n) is 15.4. The van der Waals surface area contributed by atoms with Gasteiger partial charge in [0.15, 0.2) is 23.3 Å². The summed E-state index contributed by atoms with van der Waals surface area (Å²) in [6.45, 7) is 17.2. The predicted octanol–water partition coefficient (Wildman–Crippen LogP) is 10.2. The summed E-state index contributed by atoms with van der Waals surface area (Å²) in [5.74, 6) is -5.97. The fourth-order valence-corrected chi connectivity index (χ4v) is 11.7. The maximum absolute atomic E-state index is 14.7. The van der Waals surface area contributed by atoms with Crippen LogP contribution in [0.15, 0.2) is 35.5 Å². The number of hydrogen-bond donors (Lipinski definition) is 0. The first-order valence-electron chi connectivity index (χ1n) is 16.3. The quantitative estimate of drug-likeness (QED) is 0.0969. The normalized spacial score (nSPS) is 34.0. The smallest absolute Gasteiger partial charge is 0.225 e. The molecule has 0 amide bonds. The Morgan fingerprint density at radius 1 is 0.791 bits per heavy atom. The van der Waals surface area contributed by atoms with E-state index in [2.05, 4.69) is 65.8 Å². The molecule has 3 fully saturated rings. The van der Waals surface area contributed by atoms with Gasteiger partial charge in [0.05, 0.1) is 0 Å². The van der Waals surface area contributed by atoms with Crippen LogP contribution in [-0.4, -0.2) is 14.4 Å². The summed E-state index contributed by atoms with van der Waals surface area (Å²) in [5, 5.41) is -0.776. The first-order valence-corrected chi connectivity index (χ1v) is 19.2. The molecule has 0 heterocycles. The molecule has 0 radical (unpaired) electrons. The molecule has 1 aromatic carbocycles. The summed E-state index contributed by atoms with van der Waals surface area (Å²) in [6.07, 6.45) is 16.2. The number of allylic oxidation sites excluding steroid dienone is 5. The molecule has 1 aromatic rings. The third-order valence-corrected chi connectivity index (χ3v) is 14.8. The van der Waals surface area contributed by atoms with Gasteiger partial charge < -0.3 is 4.43 Å². The van der Waals surface area contributed by atoms with Crippen LogP contribution in [0, 0.1) is 75.4 Å². The summed E-state index contributed by atoms with van der Waals surface area (Å²) >= 11 is 0. The lowest BCUT2D eigenvalue weighted by atomic mass is 9.50. The van der Waals surface area contributed by atoms with Crippen molar-refractivity contribution in [3.8, 4) is 0 Å². The number of benzene rings is 1. The van der Waals surface area contributed by atoms with Crippen molar-refractivity contribution in [2.24, 2.45) is 46.3 Å². The Labute approximate surface area is 256 Å². The van der Waals surface area contributed by atoms with Gasteiger partial charge in [-0.2, -0.15) is 0 Å². The zero-order chi connectivity index (χ0) is 31.6. The molecule has 1 nitrogen and oxygen atoms in total. The molecular formula is C36H49F5OSi. The SMILES string of the molecule is CC(C)C(C)/C=C/C(C)C1CCC2C3=CC=C4CC(O[Si](C)(C)c5c(F)c(F)c(F)c(F)c5F)CCC4(C)C3CCC21C. The van der Waals surface area contributed by atoms with E-state index in [1.165, 1.54) is 37.9 Å². The molecule has 5 rings (SSSR count). The topological polar surface area (TPSA) is 9.23 Å². The Hall–Kier alpha value is -1.73. The van der Waals surface area contributed by atoms with Gasteiger partial charge in [-0.05, 0) is 104 Å². The van der Waals surface area contributed by atoms with Crippen LogP contribution in [0.5, 0.6) is 0 Å². The maximum atomic E-state index is 14.7. The highest BCUT2D eigenvalue weighted by atomic mass is 28.4. The zero-order valence-electron chi connectivity index (χ0n) is 27.1. The van der Waals surface area contributed by atoms with Crippen LogP contribution in [0.3, 0.4) is 0 Å². The summed E-state index contributed by atoms with van der Waals surface area (Å²) in [6, 6.07) is 0. The van der Waals surface area contributed by atoms with Crippen molar-refractivity contribution in [3.05, 3.63) is 64.5 Å². The van der Waals surface area contributed by atoms with Crippen molar-refractivity contribution in [2.45, 2.75) is 106 Å². The molecule has 8 atom stereocenters. The minimum absolute atomic E-state index is 0.00212. The summed E-state index contributed by atoms with van der Waals surface area (Å²) < 4.78 is 77.5. The molecule has 0 saturated heterocycles. The lowest BCUT2D eigenvalue weighted by molar-refractivity contribution is 0.0419. The van der Waals surface area contributed by atoms with Gasteiger partial charge in [0.2, 0.25) is 14.1 Å². The second kappa shape index (κ2) is 11.6. The average molecular weight is 621 g/mol. The van der Waals surface area contributed by atoms with Crippen LogP contribution in [0.1, 0.15) is 86.5 Å². The van der Waals surface area contributed by atoms with E-state index in [1.54, 1.807) is 5.57 Å². The number of hydrogen-bond acceptors (Lipinski definition) is 1. The van der Waals surface area contributed by atoms with Gasteiger partial charge in [0.1, 0.15) is 0 Å². The van der Waals surface area contributed by atoms with Crippen molar-refractivity contribution in [3.63, 3.8) is 0 Å². The molecule has 238 valence electrons. The molecule has 0 spiro atoms. The Bertz CT molecular complexity index is 1320. The Morgan fingerprint density at radius 3 is 2.05 bits per heavy atom. The molecule has 4 aliphatic rings. The van der Waals surface area contributed by atoms with Gasteiger partial charge in [-0.15, -0.1) is 0 Å². The van der Waals surface area contributed by atoms with E-state index < -0.39 is 42.6 Å². The maximum Gasteiger partial charge on any atom is 0.225 e. The first-order chi connectivity index (χ1) is 20.0. The Morgan fingerprint density at radius 2 is 1.42 bits per heavy atom. The van der Waals surface area contributed by atoms with Gasteiger partial charge >= 0.3 is 0 Å². The van der Waals surface area contributed by atoms with Crippen LogP contribution in [0.2, 0.25) is 13.1 Å². The molecule has 7 heteroatoms. The van der Waals surface area contributed by atoms with Gasteiger partial charge in [0.25, 0.3) is 0 Å². The first kappa shape index (κ1) is 32.7. The number of fused-ring (bicyclic) bond motifs is 5. The molecule has 3 saturated carbocycles. The lowest BCUT2D eigenvalue weighted by Gasteiger charge is -2.55. The third kappa shape index (κ3) is 5.42. The van der Waals surface area contributed by atoms with Gasteiger partial charge in [-0.25, -0.2) is 22.0 Å². The molecule has 0 bridgehead atoms. The van der Waals surface area contributed by atoms with E-state index in [0.717, 1.165) is 12.8 Å². The highest BCUT2D eigenvalue weighted by Gasteiger charge is 2.57. The van der Waals surface area contributed by atoms with E-state index in [0.29, 0.717) is 53.8 Å². The van der Waals surface area contributed by atoms with Crippen LogP contribution < -0.4 is 5.19 Å². The van der Waals surface area contributed by atoms with Crippen LogP contribution >= 0.6 is 0 Å². The fourth-order valence-electron chi connectivity index (χ4n) is 9.29. The average Bonchev–Trinajstić information content (AvgIpc) is 3.30. The summed E-state index contributed by atoms with van der Waals surface area (Å²) in [5.41, 5.74) is 3.18. The van der Waals surface area contributed by atoms with Crippen molar-refractivity contribution in [2.75, 3.05) is 0 Å². The molecule has 8 unspecified atom stereocenters. The van der Waals surface area contributed by atoms with Gasteiger partial charge in [-0.1, -0.05) is 77.0 Å². The molecule has 0 aliphatic heterocycles. The van der Waals surface area contributed by atoms with E-state index in [-0.39, 0.29) is 11.5 Å². The van der Waals surface area contributed by atoms with E-state index in [4.69, 9.17) is 4.43 Å². The van der Waals surface area contributed by atoms with Crippen LogP contribution in [-0.2, 0) is 4.43 Å². The van der Waals surface area contributed by atoms with Crippen molar-refractivity contribution >= 4 is 13.5 Å². The molecule has 0 N–H and O–H groups in total. The minimum Gasteiger partial charge on any atom is -0.409 e. The zero-order valence-corrected chi connectivity index (χ0v) is 28.1. The lowest BCUT2D eigenvalue weighted by Crippen LogP contribution is -2.53. The van der Waals surface area contributed by atoms with Gasteiger partial charge in [-0.3, -0.25) is 0 Å². The van der Waals surface area contributed by atoms with E-state index in [9.17, 15) is 22.0 Å². The van der Waals surface area contributed by atoms with Crippen LogP contribution in [0.4, 0.5) is 22.0 Å².